The average molecular weight is 416 g/mol. The third-order valence-electron chi connectivity index (χ3n) is 4.52. The third kappa shape index (κ3) is 2.76. The van der Waals surface area contributed by atoms with E-state index in [0.29, 0.717) is 22.2 Å². The van der Waals surface area contributed by atoms with Crippen molar-refractivity contribution >= 4 is 37.6 Å². The highest BCUT2D eigenvalue weighted by atomic mass is 79.9. The molecule has 0 N–H and O–H groups in total. The minimum Gasteiger partial charge on any atom is -0.247 e. The van der Waals surface area contributed by atoms with Crippen LogP contribution in [0.1, 0.15) is 11.1 Å². The lowest BCUT2D eigenvalue weighted by molar-refractivity contribution is -0.136. The van der Waals surface area contributed by atoms with E-state index < -0.39 is 11.7 Å². The number of aromatic nitrogens is 1. The average Bonchev–Trinajstić information content (AvgIpc) is 2.60. The van der Waals surface area contributed by atoms with Crippen molar-refractivity contribution in [2.75, 3.05) is 0 Å². The van der Waals surface area contributed by atoms with E-state index in [1.165, 1.54) is 13.0 Å². The topological polar surface area (TPSA) is 12.9 Å². The second-order valence-electron chi connectivity index (χ2n) is 6.15. The number of pyridine rings is 1. The largest absolute Gasteiger partial charge is 0.417 e. The number of nitrogens with zero attached hydrogens (tertiary/aromatic N) is 1. The Bertz CT molecular complexity index is 1130. The van der Waals surface area contributed by atoms with Gasteiger partial charge in [-0.2, -0.15) is 13.2 Å². The molecule has 1 aromatic heterocycles. The maximum Gasteiger partial charge on any atom is 0.417 e. The van der Waals surface area contributed by atoms with Crippen LogP contribution in [0, 0.1) is 6.92 Å². The fraction of sp³-hybridized carbons (Fsp3) is 0.0952. The molecule has 0 aliphatic heterocycles. The van der Waals surface area contributed by atoms with Crippen LogP contribution in [-0.4, -0.2) is 4.98 Å². The van der Waals surface area contributed by atoms with Crippen LogP contribution in [-0.2, 0) is 6.18 Å². The van der Waals surface area contributed by atoms with Crippen molar-refractivity contribution in [1.82, 2.24) is 4.98 Å². The van der Waals surface area contributed by atoms with Crippen LogP contribution in [0.15, 0.2) is 65.1 Å². The maximum atomic E-state index is 13.9. The minimum atomic E-state index is -4.46. The minimum absolute atomic E-state index is 0.134. The molecular weight excluding hydrogens is 403 g/mol. The highest BCUT2D eigenvalue weighted by molar-refractivity contribution is 9.10. The van der Waals surface area contributed by atoms with E-state index in [9.17, 15) is 13.2 Å². The van der Waals surface area contributed by atoms with Crippen LogP contribution in [0.4, 0.5) is 13.2 Å². The molecule has 0 spiro atoms. The quantitative estimate of drug-likeness (QED) is 0.301. The van der Waals surface area contributed by atoms with Crippen molar-refractivity contribution < 1.29 is 13.2 Å². The van der Waals surface area contributed by atoms with Gasteiger partial charge in [-0.1, -0.05) is 64.5 Å². The number of benzene rings is 3. The summed E-state index contributed by atoms with van der Waals surface area (Å²) in [6, 6.07) is 17.8. The van der Waals surface area contributed by atoms with Gasteiger partial charge in [0, 0.05) is 20.8 Å². The zero-order valence-electron chi connectivity index (χ0n) is 13.7. The molecule has 0 aliphatic carbocycles. The van der Waals surface area contributed by atoms with E-state index in [2.05, 4.69) is 20.9 Å². The summed E-state index contributed by atoms with van der Waals surface area (Å²) in [6.45, 7) is 1.49. The first-order chi connectivity index (χ1) is 12.4. The lowest BCUT2D eigenvalue weighted by atomic mass is 9.95. The summed E-state index contributed by atoms with van der Waals surface area (Å²) in [5, 5.41) is 1.72. The number of hydrogen-bond donors (Lipinski definition) is 0. The molecule has 130 valence electrons. The van der Waals surface area contributed by atoms with Gasteiger partial charge in [0.1, 0.15) is 0 Å². The normalized spacial score (nSPS) is 12.0. The van der Waals surface area contributed by atoms with Crippen LogP contribution >= 0.6 is 15.9 Å². The highest BCUT2D eigenvalue weighted by Crippen LogP contribution is 2.41. The van der Waals surface area contributed by atoms with E-state index in [4.69, 9.17) is 0 Å². The smallest absolute Gasteiger partial charge is 0.247 e. The highest BCUT2D eigenvalue weighted by Gasteiger charge is 2.36. The van der Waals surface area contributed by atoms with Gasteiger partial charge in [-0.05, 0) is 30.0 Å². The van der Waals surface area contributed by atoms with Crippen LogP contribution in [0.5, 0.6) is 0 Å². The molecule has 0 saturated carbocycles. The summed E-state index contributed by atoms with van der Waals surface area (Å²) >= 11 is 3.35. The molecule has 0 fully saturated rings. The van der Waals surface area contributed by atoms with Gasteiger partial charge < -0.3 is 0 Å². The van der Waals surface area contributed by atoms with Crippen LogP contribution in [0.25, 0.3) is 32.9 Å². The van der Waals surface area contributed by atoms with Crippen molar-refractivity contribution in [2.45, 2.75) is 13.1 Å². The van der Waals surface area contributed by atoms with E-state index in [0.717, 1.165) is 9.86 Å². The maximum absolute atomic E-state index is 13.9. The second kappa shape index (κ2) is 6.09. The Labute approximate surface area is 156 Å². The molecule has 0 bridgehead atoms. The lowest BCUT2D eigenvalue weighted by Crippen LogP contribution is -2.11. The van der Waals surface area contributed by atoms with Crippen molar-refractivity contribution in [2.24, 2.45) is 0 Å². The second-order valence-corrected chi connectivity index (χ2v) is 7.06. The van der Waals surface area contributed by atoms with E-state index in [-0.39, 0.29) is 10.9 Å². The Morgan fingerprint density at radius 1 is 0.846 bits per heavy atom. The summed E-state index contributed by atoms with van der Waals surface area (Å²) in [5.74, 6) is 0. The molecule has 0 saturated heterocycles. The molecule has 0 unspecified atom stereocenters. The molecule has 26 heavy (non-hydrogen) atoms. The van der Waals surface area contributed by atoms with Crippen molar-refractivity contribution in [1.29, 1.82) is 0 Å². The van der Waals surface area contributed by atoms with Gasteiger partial charge in [0.25, 0.3) is 0 Å². The van der Waals surface area contributed by atoms with Gasteiger partial charge in [0.15, 0.2) is 0 Å². The molecule has 3 aromatic carbocycles. The Morgan fingerprint density at radius 2 is 1.54 bits per heavy atom. The summed E-state index contributed by atoms with van der Waals surface area (Å²) in [6.07, 6.45) is -4.46. The van der Waals surface area contributed by atoms with E-state index in [1.54, 1.807) is 30.3 Å². The van der Waals surface area contributed by atoms with E-state index >= 15 is 0 Å². The Kier molecular flexibility index (Phi) is 3.99. The van der Waals surface area contributed by atoms with Gasteiger partial charge in [-0.15, -0.1) is 0 Å². The first-order valence-corrected chi connectivity index (χ1v) is 8.81. The summed E-state index contributed by atoms with van der Waals surface area (Å²) in [4.78, 5) is 4.66. The Morgan fingerprint density at radius 3 is 2.23 bits per heavy atom. The third-order valence-corrected chi connectivity index (χ3v) is 5.05. The molecule has 4 rings (SSSR count). The van der Waals surface area contributed by atoms with Gasteiger partial charge in [-0.25, -0.2) is 4.98 Å². The molecule has 4 aromatic rings. The number of alkyl halides is 3. The summed E-state index contributed by atoms with van der Waals surface area (Å²) in [7, 11) is 0. The predicted molar refractivity (Wildman–Crippen MR) is 102 cm³/mol. The van der Waals surface area contributed by atoms with Gasteiger partial charge >= 0.3 is 6.18 Å². The van der Waals surface area contributed by atoms with Crippen molar-refractivity contribution in [3.05, 3.63) is 76.3 Å². The summed E-state index contributed by atoms with van der Waals surface area (Å²) in [5.41, 5.74) is 0.910. The molecular formula is C21H13BrF3N. The number of rotatable bonds is 1. The monoisotopic (exact) mass is 415 g/mol. The molecule has 5 heteroatoms. The fourth-order valence-electron chi connectivity index (χ4n) is 3.35. The van der Waals surface area contributed by atoms with Gasteiger partial charge in [0.2, 0.25) is 0 Å². The zero-order valence-corrected chi connectivity index (χ0v) is 15.3. The number of halogens is 4. The fourth-order valence-corrected chi connectivity index (χ4v) is 3.61. The summed E-state index contributed by atoms with van der Waals surface area (Å²) < 4.78 is 42.6. The van der Waals surface area contributed by atoms with Crippen LogP contribution < -0.4 is 0 Å². The molecule has 0 radical (unpaired) electrons. The molecule has 0 amide bonds. The molecule has 0 aliphatic rings. The number of hydrogen-bond acceptors (Lipinski definition) is 1. The number of fused-ring (bicyclic) bond motifs is 3. The Hall–Kier alpha value is -2.40. The van der Waals surface area contributed by atoms with Gasteiger partial charge in [0.05, 0.1) is 16.8 Å². The van der Waals surface area contributed by atoms with Crippen LogP contribution in [0.3, 0.4) is 0 Å². The SMILES string of the molecule is Cc1c(-c2ccc(Br)cc2)nc2c(ccc3ccccc32)c1C(F)(F)F. The molecule has 1 heterocycles. The lowest BCUT2D eigenvalue weighted by Gasteiger charge is -2.18. The zero-order chi connectivity index (χ0) is 18.5. The van der Waals surface area contributed by atoms with E-state index in [1.807, 2.05) is 24.3 Å². The standard InChI is InChI=1S/C21H13BrF3N/c1-12-18(21(23,24)25)17-11-8-13-4-2-3-5-16(13)20(17)26-19(12)14-6-9-15(22)10-7-14/h2-11H,1H3. The first-order valence-electron chi connectivity index (χ1n) is 8.01. The molecule has 1 nitrogen and oxygen atoms in total. The Balaban J connectivity index is 2.17. The van der Waals surface area contributed by atoms with Gasteiger partial charge in [-0.3, -0.25) is 0 Å². The van der Waals surface area contributed by atoms with Crippen molar-refractivity contribution in [3.8, 4) is 11.3 Å². The molecule has 0 atom stereocenters. The van der Waals surface area contributed by atoms with Crippen molar-refractivity contribution in [3.63, 3.8) is 0 Å². The predicted octanol–water partition coefficient (Wildman–Crippen LogP) is 7.14. The first kappa shape index (κ1) is 17.0. The van der Waals surface area contributed by atoms with Crippen LogP contribution in [0.2, 0.25) is 0 Å².